The largest absolute Gasteiger partial charge is 0.478 e. The molecule has 1 aromatic rings. The van der Waals surface area contributed by atoms with Gasteiger partial charge >= 0.3 is 18.1 Å². The molecule has 0 radical (unpaired) electrons. The summed E-state index contributed by atoms with van der Waals surface area (Å²) in [6.45, 7) is 1.21. The van der Waals surface area contributed by atoms with E-state index in [9.17, 15) is 36.6 Å². The van der Waals surface area contributed by atoms with Gasteiger partial charge in [-0.2, -0.15) is 22.0 Å². The molecular formula is C19H17F5O3S. The number of thioether (sulfide) groups is 1. The highest BCUT2D eigenvalue weighted by Gasteiger charge is 2.61. The van der Waals surface area contributed by atoms with E-state index in [2.05, 4.69) is 0 Å². The van der Waals surface area contributed by atoms with Gasteiger partial charge in [0.2, 0.25) is 0 Å². The second-order valence-corrected chi connectivity index (χ2v) is 7.91. The van der Waals surface area contributed by atoms with Crippen molar-refractivity contribution in [3.8, 4) is 0 Å². The van der Waals surface area contributed by atoms with E-state index in [-0.39, 0.29) is 34.3 Å². The number of allylic oxidation sites excluding steroid dienone is 2. The molecule has 0 aromatic heterocycles. The number of rotatable bonds is 4. The van der Waals surface area contributed by atoms with Crippen LogP contribution in [0, 0.1) is 18.8 Å². The van der Waals surface area contributed by atoms with E-state index in [1.165, 1.54) is 13.2 Å². The number of ketones is 1. The highest BCUT2D eigenvalue weighted by Crippen LogP contribution is 2.53. The van der Waals surface area contributed by atoms with Gasteiger partial charge in [-0.3, -0.25) is 4.79 Å². The van der Waals surface area contributed by atoms with Crippen LogP contribution >= 0.6 is 11.8 Å². The van der Waals surface area contributed by atoms with Crippen LogP contribution in [-0.4, -0.2) is 29.3 Å². The van der Waals surface area contributed by atoms with Crippen molar-refractivity contribution >= 4 is 29.1 Å². The molecule has 1 aromatic carbocycles. The van der Waals surface area contributed by atoms with Crippen LogP contribution in [0.15, 0.2) is 17.0 Å². The zero-order valence-corrected chi connectivity index (χ0v) is 15.8. The van der Waals surface area contributed by atoms with Gasteiger partial charge in [0.1, 0.15) is 0 Å². The van der Waals surface area contributed by atoms with Crippen LogP contribution in [0.4, 0.5) is 22.0 Å². The summed E-state index contributed by atoms with van der Waals surface area (Å²) in [6, 6.07) is 0.865. The summed E-state index contributed by atoms with van der Waals surface area (Å²) in [6.07, 6.45) is -2.00. The molecule has 0 amide bonds. The Bertz CT molecular complexity index is 889. The maximum atomic E-state index is 14.6. The number of alkyl halides is 5. The number of carboxylic acid groups (broad SMARTS) is 1. The molecule has 2 aliphatic rings. The summed E-state index contributed by atoms with van der Waals surface area (Å²) in [5.41, 5.74) is -2.19. The minimum Gasteiger partial charge on any atom is -0.478 e. The molecule has 2 unspecified atom stereocenters. The standard InChI is InChI=1S/C19H17F5O3S/c1-8-11(17(26)27)6-13(12-7-14(25)10-4-3-9(12)5-10)15(16(8)28-2)18(20,21)19(22,23)24/h6-7,9-10H,3-5H2,1-2H3,(H,26,27). The molecule has 1 fully saturated rings. The molecule has 3 nitrogen and oxygen atoms in total. The second-order valence-electron chi connectivity index (χ2n) is 7.09. The summed E-state index contributed by atoms with van der Waals surface area (Å²) in [5, 5.41) is 9.44. The Kier molecular flexibility index (Phi) is 5.10. The van der Waals surface area contributed by atoms with Crippen molar-refractivity contribution in [2.75, 3.05) is 6.26 Å². The number of halogens is 5. The van der Waals surface area contributed by atoms with Gasteiger partial charge in [-0.15, -0.1) is 11.8 Å². The minimum atomic E-state index is -5.86. The Morgan fingerprint density at radius 1 is 1.18 bits per heavy atom. The van der Waals surface area contributed by atoms with Crippen molar-refractivity contribution in [1.82, 2.24) is 0 Å². The molecule has 152 valence electrons. The summed E-state index contributed by atoms with van der Waals surface area (Å²) in [7, 11) is 0. The average molecular weight is 420 g/mol. The first-order chi connectivity index (χ1) is 12.9. The van der Waals surface area contributed by atoms with Crippen molar-refractivity contribution in [1.29, 1.82) is 0 Å². The summed E-state index contributed by atoms with van der Waals surface area (Å²) in [5.74, 6) is -7.52. The van der Waals surface area contributed by atoms with E-state index in [0.717, 1.165) is 12.1 Å². The number of fused-ring (bicyclic) bond motifs is 2. The van der Waals surface area contributed by atoms with Gasteiger partial charge < -0.3 is 5.11 Å². The van der Waals surface area contributed by atoms with E-state index in [4.69, 9.17) is 0 Å². The highest BCUT2D eigenvalue weighted by atomic mass is 32.2. The Morgan fingerprint density at radius 2 is 1.79 bits per heavy atom. The van der Waals surface area contributed by atoms with Gasteiger partial charge in [-0.25, -0.2) is 4.79 Å². The minimum absolute atomic E-state index is 0.0791. The van der Waals surface area contributed by atoms with Gasteiger partial charge in [0.15, 0.2) is 5.78 Å². The molecule has 9 heteroatoms. The third-order valence-electron chi connectivity index (χ3n) is 5.52. The molecule has 0 aliphatic heterocycles. The number of carbonyl (C=O) groups excluding carboxylic acids is 1. The second kappa shape index (κ2) is 6.86. The first-order valence-electron chi connectivity index (χ1n) is 8.55. The zero-order chi connectivity index (χ0) is 21.0. The van der Waals surface area contributed by atoms with Crippen LogP contribution in [0.2, 0.25) is 0 Å². The first-order valence-corrected chi connectivity index (χ1v) is 9.78. The number of hydrogen-bond donors (Lipinski definition) is 1. The summed E-state index contributed by atoms with van der Waals surface area (Å²) >= 11 is 0.639. The lowest BCUT2D eigenvalue weighted by molar-refractivity contribution is -0.290. The van der Waals surface area contributed by atoms with E-state index >= 15 is 0 Å². The quantitative estimate of drug-likeness (QED) is 0.520. The molecule has 3 rings (SSSR count). The normalized spacial score (nSPS) is 22.4. The zero-order valence-electron chi connectivity index (χ0n) is 15.0. The predicted molar refractivity (Wildman–Crippen MR) is 93.7 cm³/mol. The number of carbonyl (C=O) groups is 2. The molecule has 28 heavy (non-hydrogen) atoms. The number of carboxylic acids is 1. The monoisotopic (exact) mass is 420 g/mol. The maximum absolute atomic E-state index is 14.6. The molecular weight excluding hydrogens is 403 g/mol. The number of benzene rings is 1. The fourth-order valence-electron chi connectivity index (χ4n) is 4.12. The van der Waals surface area contributed by atoms with Crippen molar-refractivity contribution in [2.45, 2.75) is 43.2 Å². The molecule has 0 spiro atoms. The fraction of sp³-hybridized carbons (Fsp3) is 0.474. The van der Waals surface area contributed by atoms with Gasteiger partial charge in [-0.05, 0) is 67.2 Å². The van der Waals surface area contributed by atoms with Crippen LogP contribution in [0.5, 0.6) is 0 Å². The highest BCUT2D eigenvalue weighted by molar-refractivity contribution is 7.98. The molecule has 2 atom stereocenters. The van der Waals surface area contributed by atoms with Crippen molar-refractivity contribution in [2.24, 2.45) is 11.8 Å². The van der Waals surface area contributed by atoms with E-state index in [1.807, 2.05) is 0 Å². The van der Waals surface area contributed by atoms with Crippen LogP contribution in [0.25, 0.3) is 5.57 Å². The third-order valence-corrected chi connectivity index (χ3v) is 6.44. The molecule has 1 N–H and O–H groups in total. The van der Waals surface area contributed by atoms with Crippen LogP contribution in [0.1, 0.15) is 46.3 Å². The molecule has 2 aliphatic carbocycles. The maximum Gasteiger partial charge on any atom is 0.458 e. The molecule has 1 saturated carbocycles. The van der Waals surface area contributed by atoms with E-state index in [0.29, 0.717) is 31.0 Å². The predicted octanol–water partition coefficient (Wildman–Crippen LogP) is 5.45. The van der Waals surface area contributed by atoms with Gasteiger partial charge in [0.05, 0.1) is 11.1 Å². The van der Waals surface area contributed by atoms with E-state index < -0.39 is 34.1 Å². The Labute approximate surface area is 162 Å². The summed E-state index contributed by atoms with van der Waals surface area (Å²) < 4.78 is 69.0. The Morgan fingerprint density at radius 3 is 2.32 bits per heavy atom. The fourth-order valence-corrected chi connectivity index (χ4v) is 4.98. The van der Waals surface area contributed by atoms with Crippen molar-refractivity contribution in [3.63, 3.8) is 0 Å². The third kappa shape index (κ3) is 3.13. The smallest absolute Gasteiger partial charge is 0.458 e. The lowest BCUT2D eigenvalue weighted by atomic mass is 9.80. The lowest BCUT2D eigenvalue weighted by Crippen LogP contribution is -2.36. The van der Waals surface area contributed by atoms with Gasteiger partial charge in [0.25, 0.3) is 0 Å². The summed E-state index contributed by atoms with van der Waals surface area (Å²) in [4.78, 5) is 23.4. The molecule has 0 saturated heterocycles. The van der Waals surface area contributed by atoms with Gasteiger partial charge in [0, 0.05) is 10.8 Å². The Balaban J connectivity index is 2.39. The van der Waals surface area contributed by atoms with Gasteiger partial charge in [-0.1, -0.05) is 0 Å². The first kappa shape index (κ1) is 20.8. The van der Waals surface area contributed by atoms with Crippen molar-refractivity contribution < 1.29 is 36.6 Å². The lowest BCUT2D eigenvalue weighted by Gasteiger charge is -2.30. The number of hydrogen-bond acceptors (Lipinski definition) is 3. The Hall–Kier alpha value is -1.90. The van der Waals surface area contributed by atoms with E-state index in [1.54, 1.807) is 0 Å². The topological polar surface area (TPSA) is 54.4 Å². The number of aromatic carboxylic acids is 1. The molecule has 2 bridgehead atoms. The SMILES string of the molecule is CSc1c(C)c(C(=O)O)cc(C2=CC(=O)C3CCC2C3)c1C(F)(F)C(F)(F)F. The average Bonchev–Trinajstić information content (AvgIpc) is 3.02. The van der Waals surface area contributed by atoms with Crippen molar-refractivity contribution in [3.05, 3.63) is 34.4 Å². The van der Waals surface area contributed by atoms with Crippen LogP contribution in [-0.2, 0) is 10.7 Å². The van der Waals surface area contributed by atoms with Crippen LogP contribution < -0.4 is 0 Å². The molecule has 0 heterocycles. The van der Waals surface area contributed by atoms with Crippen LogP contribution in [0.3, 0.4) is 0 Å².